The highest BCUT2D eigenvalue weighted by Gasteiger charge is 2.09. The van der Waals surface area contributed by atoms with Gasteiger partial charge < -0.3 is 10.8 Å². The van der Waals surface area contributed by atoms with Gasteiger partial charge in [-0.05, 0) is 30.5 Å². The minimum absolute atomic E-state index is 0.00565. The van der Waals surface area contributed by atoms with Gasteiger partial charge >= 0.3 is 0 Å². The van der Waals surface area contributed by atoms with E-state index in [-0.39, 0.29) is 12.6 Å². The van der Waals surface area contributed by atoms with Gasteiger partial charge in [-0.15, -0.1) is 0 Å². The molecular weight excluding hydrogens is 150 g/mol. The number of benzene rings is 1. The van der Waals surface area contributed by atoms with Gasteiger partial charge in [0.2, 0.25) is 0 Å². The van der Waals surface area contributed by atoms with Crippen molar-refractivity contribution in [2.75, 3.05) is 6.61 Å². The molecule has 1 aromatic rings. The van der Waals surface area contributed by atoms with Gasteiger partial charge in [0.15, 0.2) is 0 Å². The van der Waals surface area contributed by atoms with E-state index in [1.165, 1.54) is 0 Å². The van der Waals surface area contributed by atoms with Crippen LogP contribution in [0.5, 0.6) is 0 Å². The lowest BCUT2D eigenvalue weighted by atomic mass is 9.97. The predicted octanol–water partition coefficient (Wildman–Crippen LogP) is 1.30. The lowest BCUT2D eigenvalue weighted by Crippen LogP contribution is -2.17. The van der Waals surface area contributed by atoms with Crippen LogP contribution in [0.2, 0.25) is 0 Å². The zero-order valence-corrected chi connectivity index (χ0v) is 7.54. The average Bonchev–Trinajstić information content (AvgIpc) is 2.03. The molecule has 0 amide bonds. The van der Waals surface area contributed by atoms with Crippen molar-refractivity contribution in [1.29, 1.82) is 0 Å². The van der Waals surface area contributed by atoms with E-state index in [0.717, 1.165) is 16.7 Å². The van der Waals surface area contributed by atoms with Crippen LogP contribution in [0.3, 0.4) is 0 Å². The van der Waals surface area contributed by atoms with Gasteiger partial charge in [0, 0.05) is 0 Å². The van der Waals surface area contributed by atoms with Crippen molar-refractivity contribution in [2.24, 2.45) is 5.73 Å². The molecule has 0 heterocycles. The maximum atomic E-state index is 8.91. The normalized spacial score (nSPS) is 13.0. The molecule has 66 valence electrons. The Hall–Kier alpha value is -0.860. The molecular formula is C10H15NO. The highest BCUT2D eigenvalue weighted by atomic mass is 16.3. The second-order valence-corrected chi connectivity index (χ2v) is 3.09. The average molecular weight is 165 g/mol. The fourth-order valence-electron chi connectivity index (χ4n) is 1.50. The summed E-state index contributed by atoms with van der Waals surface area (Å²) in [7, 11) is 0. The van der Waals surface area contributed by atoms with Crippen LogP contribution in [-0.4, -0.2) is 11.7 Å². The zero-order chi connectivity index (χ0) is 9.14. The summed E-state index contributed by atoms with van der Waals surface area (Å²) in [6, 6.07) is 5.78. The van der Waals surface area contributed by atoms with Crippen LogP contribution < -0.4 is 5.73 Å². The number of aliphatic hydroxyl groups is 1. The van der Waals surface area contributed by atoms with E-state index >= 15 is 0 Å². The Bertz CT molecular complexity index is 250. The maximum absolute atomic E-state index is 8.91. The first-order chi connectivity index (χ1) is 5.66. The van der Waals surface area contributed by atoms with Crippen molar-refractivity contribution in [3.8, 4) is 0 Å². The quantitative estimate of drug-likeness (QED) is 0.693. The van der Waals surface area contributed by atoms with Crippen LogP contribution in [-0.2, 0) is 0 Å². The first kappa shape index (κ1) is 9.23. The molecule has 0 aromatic heterocycles. The lowest BCUT2D eigenvalue weighted by molar-refractivity contribution is 0.267. The van der Waals surface area contributed by atoms with Crippen LogP contribution in [0.1, 0.15) is 22.7 Å². The van der Waals surface area contributed by atoms with E-state index in [4.69, 9.17) is 10.8 Å². The monoisotopic (exact) mass is 165 g/mol. The molecule has 12 heavy (non-hydrogen) atoms. The Balaban J connectivity index is 3.12. The van der Waals surface area contributed by atoms with E-state index in [0.29, 0.717) is 0 Å². The SMILES string of the molecule is Cc1cccc(C)c1[C@@H](N)CO. The standard InChI is InChI=1S/C10H15NO/c1-7-4-3-5-8(2)10(7)9(11)6-12/h3-5,9,12H,6,11H2,1-2H3/t9-/m0/s1. The molecule has 0 bridgehead atoms. The summed E-state index contributed by atoms with van der Waals surface area (Å²) in [6.07, 6.45) is 0. The van der Waals surface area contributed by atoms with Crippen molar-refractivity contribution < 1.29 is 5.11 Å². The van der Waals surface area contributed by atoms with Gasteiger partial charge in [-0.25, -0.2) is 0 Å². The van der Waals surface area contributed by atoms with Crippen molar-refractivity contribution in [2.45, 2.75) is 19.9 Å². The molecule has 0 saturated carbocycles. The smallest absolute Gasteiger partial charge is 0.0624 e. The molecule has 1 aromatic carbocycles. The molecule has 0 saturated heterocycles. The molecule has 1 atom stereocenters. The Kier molecular flexibility index (Phi) is 2.84. The van der Waals surface area contributed by atoms with Gasteiger partial charge in [0.1, 0.15) is 0 Å². The Morgan fingerprint density at radius 1 is 1.33 bits per heavy atom. The van der Waals surface area contributed by atoms with E-state index in [1.807, 2.05) is 32.0 Å². The Morgan fingerprint density at radius 2 is 1.83 bits per heavy atom. The summed E-state index contributed by atoms with van der Waals surface area (Å²) in [6.45, 7) is 4.03. The van der Waals surface area contributed by atoms with E-state index in [9.17, 15) is 0 Å². The summed E-state index contributed by atoms with van der Waals surface area (Å²) in [4.78, 5) is 0. The number of aryl methyl sites for hydroxylation is 2. The van der Waals surface area contributed by atoms with Crippen LogP contribution in [0, 0.1) is 13.8 Å². The first-order valence-corrected chi connectivity index (χ1v) is 4.09. The third-order valence-electron chi connectivity index (χ3n) is 2.11. The maximum Gasteiger partial charge on any atom is 0.0624 e. The minimum atomic E-state index is -0.244. The van der Waals surface area contributed by atoms with Gasteiger partial charge in [-0.1, -0.05) is 18.2 Å². The summed E-state index contributed by atoms with van der Waals surface area (Å²) in [5.74, 6) is 0. The lowest BCUT2D eigenvalue weighted by Gasteiger charge is -2.14. The number of hydrogen-bond donors (Lipinski definition) is 2. The van der Waals surface area contributed by atoms with Gasteiger partial charge in [0.05, 0.1) is 12.6 Å². The molecule has 0 spiro atoms. The largest absolute Gasteiger partial charge is 0.394 e. The van der Waals surface area contributed by atoms with E-state index < -0.39 is 0 Å². The molecule has 0 aliphatic heterocycles. The third-order valence-corrected chi connectivity index (χ3v) is 2.11. The van der Waals surface area contributed by atoms with E-state index in [2.05, 4.69) is 0 Å². The number of hydrogen-bond acceptors (Lipinski definition) is 2. The zero-order valence-electron chi connectivity index (χ0n) is 7.54. The van der Waals surface area contributed by atoms with Gasteiger partial charge in [-0.2, -0.15) is 0 Å². The van der Waals surface area contributed by atoms with Crippen LogP contribution in [0.25, 0.3) is 0 Å². The molecule has 2 nitrogen and oxygen atoms in total. The van der Waals surface area contributed by atoms with Crippen LogP contribution in [0.15, 0.2) is 18.2 Å². The van der Waals surface area contributed by atoms with Gasteiger partial charge in [0.25, 0.3) is 0 Å². The molecule has 1 rings (SSSR count). The van der Waals surface area contributed by atoms with Crippen molar-refractivity contribution in [1.82, 2.24) is 0 Å². The second-order valence-electron chi connectivity index (χ2n) is 3.09. The fourth-order valence-corrected chi connectivity index (χ4v) is 1.50. The molecule has 2 heteroatoms. The molecule has 0 aliphatic rings. The minimum Gasteiger partial charge on any atom is -0.394 e. The van der Waals surface area contributed by atoms with Crippen LogP contribution in [0.4, 0.5) is 0 Å². The predicted molar refractivity (Wildman–Crippen MR) is 49.9 cm³/mol. The van der Waals surface area contributed by atoms with Crippen molar-refractivity contribution in [3.05, 3.63) is 34.9 Å². The van der Waals surface area contributed by atoms with Crippen molar-refractivity contribution >= 4 is 0 Å². The Labute approximate surface area is 73.0 Å². The number of aliphatic hydroxyl groups excluding tert-OH is 1. The second kappa shape index (κ2) is 3.70. The molecule has 0 unspecified atom stereocenters. The third kappa shape index (κ3) is 1.65. The molecule has 3 N–H and O–H groups in total. The topological polar surface area (TPSA) is 46.2 Å². The van der Waals surface area contributed by atoms with E-state index in [1.54, 1.807) is 0 Å². The highest BCUT2D eigenvalue weighted by molar-refractivity contribution is 5.35. The molecule has 0 fully saturated rings. The summed E-state index contributed by atoms with van der Waals surface area (Å²) >= 11 is 0. The molecule has 0 radical (unpaired) electrons. The fraction of sp³-hybridized carbons (Fsp3) is 0.400. The number of rotatable bonds is 2. The van der Waals surface area contributed by atoms with Crippen LogP contribution >= 0.6 is 0 Å². The number of nitrogens with two attached hydrogens (primary N) is 1. The summed E-state index contributed by atoms with van der Waals surface area (Å²) in [5, 5.41) is 8.91. The highest BCUT2D eigenvalue weighted by Crippen LogP contribution is 2.19. The summed E-state index contributed by atoms with van der Waals surface area (Å²) in [5.41, 5.74) is 9.11. The van der Waals surface area contributed by atoms with Gasteiger partial charge in [-0.3, -0.25) is 0 Å². The first-order valence-electron chi connectivity index (χ1n) is 4.09. The van der Waals surface area contributed by atoms with Crippen molar-refractivity contribution in [3.63, 3.8) is 0 Å². The Morgan fingerprint density at radius 3 is 2.25 bits per heavy atom. The molecule has 0 aliphatic carbocycles. The summed E-state index contributed by atoms with van der Waals surface area (Å²) < 4.78 is 0.